The second-order valence-electron chi connectivity index (χ2n) is 5.05. The Hall–Kier alpha value is 0.736. The molecule has 1 atom stereocenters. The van der Waals surface area contributed by atoms with Crippen molar-refractivity contribution in [1.29, 1.82) is 0 Å². The van der Waals surface area contributed by atoms with Crippen molar-refractivity contribution in [3.05, 3.63) is 0 Å². The summed E-state index contributed by atoms with van der Waals surface area (Å²) in [4.78, 5) is 22.6. The van der Waals surface area contributed by atoms with Crippen molar-refractivity contribution in [3.63, 3.8) is 0 Å². The molecule has 0 aliphatic rings. The molecule has 114 valence electrons. The molecule has 0 heterocycles. The van der Waals surface area contributed by atoms with Crippen molar-refractivity contribution in [1.82, 2.24) is 0 Å². The number of hydrogen-bond acceptors (Lipinski definition) is 4. The van der Waals surface area contributed by atoms with Gasteiger partial charge in [-0.1, -0.05) is 58.3 Å². The molecule has 2 N–H and O–H groups in total. The normalized spacial score (nSPS) is 11.6. The van der Waals surface area contributed by atoms with Gasteiger partial charge in [0.25, 0.3) is 0 Å². The van der Waals surface area contributed by atoms with Crippen molar-refractivity contribution >= 4 is 11.8 Å². The van der Waals surface area contributed by atoms with Gasteiger partial charge in [-0.2, -0.15) is 0 Å². The fraction of sp³-hybridized carbons (Fsp3) is 0.867. The molecule has 0 saturated heterocycles. The minimum absolute atomic E-state index is 0. The first-order valence-electron chi connectivity index (χ1n) is 7.49. The van der Waals surface area contributed by atoms with Crippen LogP contribution in [-0.2, 0) is 14.3 Å². The van der Waals surface area contributed by atoms with Gasteiger partial charge in [0.1, 0.15) is 0 Å². The number of ketones is 1. The Kier molecular flexibility index (Phi) is 18.5. The molecule has 0 aromatic rings. The summed E-state index contributed by atoms with van der Waals surface area (Å²) in [5.41, 5.74) is 5.46. The van der Waals surface area contributed by atoms with Crippen molar-refractivity contribution in [3.8, 4) is 0 Å². The van der Waals surface area contributed by atoms with Gasteiger partial charge in [-0.3, -0.25) is 4.79 Å². The second kappa shape index (κ2) is 16.1. The molecule has 0 bridgehead atoms. The summed E-state index contributed by atoms with van der Waals surface area (Å²) in [5, 5.41) is 0. The summed E-state index contributed by atoms with van der Waals surface area (Å²) in [5.74, 6) is -0.851. The molecule has 0 amide bonds. The number of hydrogen-bond donors (Lipinski definition) is 1. The Balaban J connectivity index is -0.00000162. The number of carbonyl (C=O) groups is 2. The standard InChI is InChI=1S/C15H29NO3.K.H/c1-3-4-5-6-7-8-9-10-11-12-13(17)14(16)15(18)19-2;;/h14H,3-12,16H2,1-2H3;;/q;+1;-1. The van der Waals surface area contributed by atoms with E-state index in [2.05, 4.69) is 11.7 Å². The number of unbranched alkanes of at least 4 members (excludes halogenated alkanes) is 8. The summed E-state index contributed by atoms with van der Waals surface area (Å²) in [6.07, 6.45) is 11.2. The minimum atomic E-state index is -1.10. The molecule has 1 unspecified atom stereocenters. The Morgan fingerprint density at radius 3 is 1.90 bits per heavy atom. The number of carbonyl (C=O) groups excluding carboxylic acids is 2. The third-order valence-corrected chi connectivity index (χ3v) is 3.33. The number of ether oxygens (including phenoxy) is 1. The molecule has 0 fully saturated rings. The van der Waals surface area contributed by atoms with Gasteiger partial charge >= 0.3 is 57.4 Å². The number of rotatable bonds is 12. The van der Waals surface area contributed by atoms with Gasteiger partial charge in [-0.25, -0.2) is 4.79 Å². The van der Waals surface area contributed by atoms with Crippen molar-refractivity contribution < 1.29 is 67.1 Å². The van der Waals surface area contributed by atoms with Crippen LogP contribution in [0.4, 0.5) is 0 Å². The van der Waals surface area contributed by atoms with E-state index in [4.69, 9.17) is 5.73 Å². The third-order valence-electron chi connectivity index (χ3n) is 3.33. The van der Waals surface area contributed by atoms with Crippen molar-refractivity contribution in [2.24, 2.45) is 5.73 Å². The second-order valence-corrected chi connectivity index (χ2v) is 5.05. The first-order chi connectivity index (χ1) is 9.13. The maximum atomic E-state index is 11.5. The van der Waals surface area contributed by atoms with Crippen LogP contribution in [0.15, 0.2) is 0 Å². The van der Waals surface area contributed by atoms with Gasteiger partial charge < -0.3 is 11.9 Å². The predicted molar refractivity (Wildman–Crippen MR) is 78.0 cm³/mol. The van der Waals surface area contributed by atoms with E-state index >= 15 is 0 Å². The molecule has 4 nitrogen and oxygen atoms in total. The van der Waals surface area contributed by atoms with Crippen LogP contribution in [0.2, 0.25) is 0 Å². The fourth-order valence-corrected chi connectivity index (χ4v) is 2.02. The summed E-state index contributed by atoms with van der Waals surface area (Å²) in [6.45, 7) is 2.22. The number of methoxy groups -OCH3 is 1. The van der Waals surface area contributed by atoms with Crippen LogP contribution in [-0.4, -0.2) is 24.9 Å². The van der Waals surface area contributed by atoms with Gasteiger partial charge in [0.2, 0.25) is 0 Å². The van der Waals surface area contributed by atoms with Crippen LogP contribution in [0.1, 0.15) is 72.6 Å². The smallest absolute Gasteiger partial charge is 1.00 e. The Bertz CT molecular complexity index is 265. The zero-order valence-electron chi connectivity index (χ0n) is 14.5. The van der Waals surface area contributed by atoms with Crippen LogP contribution in [0.25, 0.3) is 0 Å². The van der Waals surface area contributed by atoms with Gasteiger partial charge in [0.05, 0.1) is 7.11 Å². The molecular formula is C15H30KNO3. The molecule has 0 saturated carbocycles. The van der Waals surface area contributed by atoms with E-state index in [1.165, 1.54) is 45.6 Å². The monoisotopic (exact) mass is 311 g/mol. The van der Waals surface area contributed by atoms with Gasteiger partial charge in [-0.15, -0.1) is 0 Å². The van der Waals surface area contributed by atoms with Crippen LogP contribution < -0.4 is 57.1 Å². The first-order valence-corrected chi connectivity index (χ1v) is 7.49. The molecule has 0 aromatic heterocycles. The average molecular weight is 312 g/mol. The van der Waals surface area contributed by atoms with Crippen LogP contribution in [0.3, 0.4) is 0 Å². The van der Waals surface area contributed by atoms with E-state index in [1.54, 1.807) is 0 Å². The Morgan fingerprint density at radius 1 is 1.00 bits per heavy atom. The topological polar surface area (TPSA) is 69.4 Å². The van der Waals surface area contributed by atoms with E-state index in [-0.39, 0.29) is 58.6 Å². The molecule has 0 radical (unpaired) electrons. The summed E-state index contributed by atoms with van der Waals surface area (Å²) in [6, 6.07) is -1.10. The van der Waals surface area contributed by atoms with Gasteiger partial charge in [0, 0.05) is 6.42 Å². The maximum absolute atomic E-state index is 11.5. The molecule has 0 aromatic carbocycles. The number of nitrogens with two attached hydrogens (primary N) is 1. The van der Waals surface area contributed by atoms with Crippen LogP contribution in [0.5, 0.6) is 0 Å². The number of Topliss-reactive ketones (excluding diaryl/α,β-unsaturated/α-hetero) is 1. The van der Waals surface area contributed by atoms with E-state index in [9.17, 15) is 9.59 Å². The average Bonchev–Trinajstić information content (AvgIpc) is 2.43. The molecular weight excluding hydrogens is 281 g/mol. The van der Waals surface area contributed by atoms with Crippen molar-refractivity contribution in [2.75, 3.05) is 7.11 Å². The molecule has 0 rings (SSSR count). The van der Waals surface area contributed by atoms with Crippen LogP contribution in [0, 0.1) is 0 Å². The zero-order chi connectivity index (χ0) is 14.5. The molecule has 20 heavy (non-hydrogen) atoms. The molecule has 0 aliphatic carbocycles. The summed E-state index contributed by atoms with van der Waals surface area (Å²) >= 11 is 0. The summed E-state index contributed by atoms with van der Waals surface area (Å²) in [7, 11) is 1.24. The van der Waals surface area contributed by atoms with E-state index in [0.29, 0.717) is 6.42 Å². The Labute approximate surface area is 167 Å². The fourth-order valence-electron chi connectivity index (χ4n) is 2.02. The molecule has 5 heteroatoms. The SMILES string of the molecule is CCCCCCCCCCCC(=O)C(N)C(=O)OC.[H-].[K+]. The first kappa shape index (κ1) is 23.0. The predicted octanol–water partition coefficient (Wildman–Crippen LogP) is 0.0932. The van der Waals surface area contributed by atoms with E-state index < -0.39 is 12.0 Å². The Morgan fingerprint density at radius 2 is 1.45 bits per heavy atom. The van der Waals surface area contributed by atoms with Crippen molar-refractivity contribution in [2.45, 2.75) is 77.2 Å². The largest absolute Gasteiger partial charge is 1.00 e. The van der Waals surface area contributed by atoms with Crippen LogP contribution >= 0.6 is 0 Å². The van der Waals surface area contributed by atoms with E-state index in [0.717, 1.165) is 19.3 Å². The summed E-state index contributed by atoms with van der Waals surface area (Å²) < 4.78 is 4.44. The maximum Gasteiger partial charge on any atom is 1.00 e. The van der Waals surface area contributed by atoms with Gasteiger partial charge in [-0.05, 0) is 6.42 Å². The molecule has 0 spiro atoms. The van der Waals surface area contributed by atoms with E-state index in [1.807, 2.05) is 0 Å². The van der Waals surface area contributed by atoms with Gasteiger partial charge in [0.15, 0.2) is 11.8 Å². The minimum Gasteiger partial charge on any atom is -1.00 e. The molecule has 0 aliphatic heterocycles. The quantitative estimate of drug-likeness (QED) is 0.240. The number of esters is 1. The third kappa shape index (κ3) is 12.5. The zero-order valence-corrected chi connectivity index (χ0v) is 16.6.